The van der Waals surface area contributed by atoms with Crippen LogP contribution < -0.4 is 5.32 Å². The predicted molar refractivity (Wildman–Crippen MR) is 133 cm³/mol. The van der Waals surface area contributed by atoms with Gasteiger partial charge in [0.1, 0.15) is 10.8 Å². The van der Waals surface area contributed by atoms with E-state index in [9.17, 15) is 0 Å². The van der Waals surface area contributed by atoms with Gasteiger partial charge >= 0.3 is 0 Å². The molecule has 32 heavy (non-hydrogen) atoms. The van der Waals surface area contributed by atoms with Crippen molar-refractivity contribution in [2.75, 3.05) is 44.7 Å². The van der Waals surface area contributed by atoms with Crippen LogP contribution in [0, 0.1) is 0 Å². The molecule has 0 spiro atoms. The summed E-state index contributed by atoms with van der Waals surface area (Å²) in [5.41, 5.74) is 2.29. The number of hydrogen-bond donors (Lipinski definition) is 1. The van der Waals surface area contributed by atoms with Crippen molar-refractivity contribution in [3.05, 3.63) is 65.2 Å². The van der Waals surface area contributed by atoms with Gasteiger partial charge in [0.05, 0.1) is 13.2 Å². The second-order valence-corrected chi connectivity index (χ2v) is 9.29. The molecule has 1 fully saturated rings. The fraction of sp³-hybridized carbons (Fsp3) is 0.360. The van der Waals surface area contributed by atoms with Crippen LogP contribution in [0.15, 0.2) is 64.5 Å². The van der Waals surface area contributed by atoms with Crippen molar-refractivity contribution in [3.8, 4) is 11.4 Å². The number of hydrogen-bond acceptors (Lipinski definition) is 6. The number of nitrogens with one attached hydrogen (secondary N) is 1. The van der Waals surface area contributed by atoms with Gasteiger partial charge in [-0.05, 0) is 61.3 Å². The number of ether oxygens (including phenoxy) is 1. The molecular formula is C25H29ClN4OS. The summed E-state index contributed by atoms with van der Waals surface area (Å²) in [5, 5.41) is 5.13. The van der Waals surface area contributed by atoms with E-state index in [-0.39, 0.29) is 0 Å². The van der Waals surface area contributed by atoms with E-state index in [0.717, 1.165) is 68.6 Å². The molecule has 1 N–H and O–H groups in total. The van der Waals surface area contributed by atoms with E-state index >= 15 is 0 Å². The highest BCUT2D eigenvalue weighted by Gasteiger charge is 2.11. The van der Waals surface area contributed by atoms with Crippen LogP contribution in [-0.2, 0) is 11.2 Å². The maximum Gasteiger partial charge on any atom is 0.162 e. The zero-order chi connectivity index (χ0) is 22.2. The number of nitrogens with zero attached hydrogens (tertiary/aromatic N) is 3. The molecule has 0 unspecified atom stereocenters. The third kappa shape index (κ3) is 6.69. The Morgan fingerprint density at radius 1 is 1.03 bits per heavy atom. The molecule has 0 radical (unpaired) electrons. The minimum absolute atomic E-state index is 0.701. The highest BCUT2D eigenvalue weighted by molar-refractivity contribution is 7.99. The quantitative estimate of drug-likeness (QED) is 0.323. The molecule has 2 heterocycles. The monoisotopic (exact) mass is 468 g/mol. The molecule has 0 amide bonds. The van der Waals surface area contributed by atoms with Crippen molar-refractivity contribution in [3.63, 3.8) is 0 Å². The summed E-state index contributed by atoms with van der Waals surface area (Å²) in [6.07, 6.45) is 2.10. The predicted octanol–water partition coefficient (Wildman–Crippen LogP) is 5.64. The first-order valence-corrected chi connectivity index (χ1v) is 12.3. The Balaban J connectivity index is 1.47. The highest BCUT2D eigenvalue weighted by atomic mass is 35.5. The Morgan fingerprint density at radius 2 is 1.78 bits per heavy atom. The van der Waals surface area contributed by atoms with Gasteiger partial charge in [-0.3, -0.25) is 4.90 Å². The summed E-state index contributed by atoms with van der Waals surface area (Å²) in [5.74, 6) is 1.55. The molecular weight excluding hydrogens is 440 g/mol. The van der Waals surface area contributed by atoms with Gasteiger partial charge in [-0.1, -0.05) is 42.4 Å². The standard InChI is InChI=1S/C25H29ClN4OS/c1-2-19-4-10-22(11-5-19)32-24-18-23(27-12-3-13-30-14-16-31-17-15-30)28-25(29-24)20-6-8-21(26)9-7-20/h4-11,18H,2-3,12-17H2,1H3,(H,27,28,29). The van der Waals surface area contributed by atoms with Crippen LogP contribution in [0.5, 0.6) is 0 Å². The molecule has 2 aromatic carbocycles. The second-order valence-electron chi connectivity index (χ2n) is 7.76. The van der Waals surface area contributed by atoms with Crippen LogP contribution in [0.3, 0.4) is 0 Å². The maximum atomic E-state index is 6.07. The van der Waals surface area contributed by atoms with Crippen LogP contribution in [-0.4, -0.2) is 54.3 Å². The first-order chi connectivity index (χ1) is 15.7. The first-order valence-electron chi connectivity index (χ1n) is 11.2. The zero-order valence-electron chi connectivity index (χ0n) is 18.4. The molecule has 4 rings (SSSR count). The van der Waals surface area contributed by atoms with Gasteiger partial charge in [-0.25, -0.2) is 9.97 Å². The van der Waals surface area contributed by atoms with E-state index in [2.05, 4.69) is 41.4 Å². The molecule has 0 bridgehead atoms. The fourth-order valence-electron chi connectivity index (χ4n) is 3.55. The van der Waals surface area contributed by atoms with Crippen LogP contribution in [0.4, 0.5) is 5.82 Å². The summed E-state index contributed by atoms with van der Waals surface area (Å²) in [7, 11) is 0. The van der Waals surface area contributed by atoms with Gasteiger partial charge in [0.2, 0.25) is 0 Å². The van der Waals surface area contributed by atoms with Crippen molar-refractivity contribution in [2.45, 2.75) is 29.7 Å². The van der Waals surface area contributed by atoms with E-state index in [1.165, 1.54) is 10.5 Å². The molecule has 5 nitrogen and oxygen atoms in total. The lowest BCUT2D eigenvalue weighted by Gasteiger charge is -2.26. The first kappa shape index (κ1) is 23.1. The van der Waals surface area contributed by atoms with E-state index < -0.39 is 0 Å². The molecule has 0 saturated carbocycles. The van der Waals surface area contributed by atoms with Gasteiger partial charge < -0.3 is 10.1 Å². The topological polar surface area (TPSA) is 50.3 Å². The van der Waals surface area contributed by atoms with Gasteiger partial charge in [-0.15, -0.1) is 0 Å². The SMILES string of the molecule is CCc1ccc(Sc2cc(NCCCN3CCOCC3)nc(-c3ccc(Cl)cc3)n2)cc1. The molecule has 7 heteroatoms. The molecule has 0 atom stereocenters. The molecule has 1 aromatic heterocycles. The van der Waals surface area contributed by atoms with Gasteiger partial charge in [0.15, 0.2) is 5.82 Å². The summed E-state index contributed by atoms with van der Waals surface area (Å²) >= 11 is 7.73. The van der Waals surface area contributed by atoms with E-state index in [4.69, 9.17) is 26.3 Å². The molecule has 1 saturated heterocycles. The van der Waals surface area contributed by atoms with Crippen LogP contribution in [0.25, 0.3) is 11.4 Å². The van der Waals surface area contributed by atoms with Crippen molar-refractivity contribution in [1.29, 1.82) is 0 Å². The van der Waals surface area contributed by atoms with Crippen LogP contribution in [0.2, 0.25) is 5.02 Å². The van der Waals surface area contributed by atoms with E-state index in [0.29, 0.717) is 10.8 Å². The number of benzene rings is 2. The lowest BCUT2D eigenvalue weighted by atomic mass is 10.2. The maximum absolute atomic E-state index is 6.07. The molecule has 0 aliphatic carbocycles. The zero-order valence-corrected chi connectivity index (χ0v) is 20.0. The number of aromatic nitrogens is 2. The van der Waals surface area contributed by atoms with Gasteiger partial charge in [-0.2, -0.15) is 0 Å². The summed E-state index contributed by atoms with van der Waals surface area (Å²) < 4.78 is 5.43. The molecule has 3 aromatic rings. The molecule has 168 valence electrons. The Morgan fingerprint density at radius 3 is 2.50 bits per heavy atom. The third-order valence-electron chi connectivity index (χ3n) is 5.42. The Kier molecular flexibility index (Phi) is 8.40. The smallest absolute Gasteiger partial charge is 0.162 e. The minimum atomic E-state index is 0.701. The largest absolute Gasteiger partial charge is 0.379 e. The minimum Gasteiger partial charge on any atom is -0.379 e. The number of halogens is 1. The lowest BCUT2D eigenvalue weighted by molar-refractivity contribution is 0.0378. The van der Waals surface area contributed by atoms with Gasteiger partial charge in [0.25, 0.3) is 0 Å². The van der Waals surface area contributed by atoms with Gasteiger partial charge in [0, 0.05) is 41.2 Å². The van der Waals surface area contributed by atoms with Crippen molar-refractivity contribution in [2.24, 2.45) is 0 Å². The van der Waals surface area contributed by atoms with Crippen molar-refractivity contribution >= 4 is 29.2 Å². The summed E-state index contributed by atoms with van der Waals surface area (Å²) in [6.45, 7) is 7.81. The number of morpholine rings is 1. The Labute approximate surface area is 199 Å². The Hall–Kier alpha value is -2.12. The normalized spacial score (nSPS) is 14.4. The van der Waals surface area contributed by atoms with Crippen LogP contribution >= 0.6 is 23.4 Å². The van der Waals surface area contributed by atoms with E-state index in [1.54, 1.807) is 11.8 Å². The second kappa shape index (κ2) is 11.7. The Bertz CT molecular complexity index is 992. The van der Waals surface area contributed by atoms with Crippen LogP contribution in [0.1, 0.15) is 18.9 Å². The lowest BCUT2D eigenvalue weighted by Crippen LogP contribution is -2.37. The van der Waals surface area contributed by atoms with Crippen molar-refractivity contribution in [1.82, 2.24) is 14.9 Å². The number of rotatable bonds is 9. The van der Waals surface area contributed by atoms with Crippen molar-refractivity contribution < 1.29 is 4.74 Å². The third-order valence-corrected chi connectivity index (χ3v) is 6.60. The fourth-order valence-corrected chi connectivity index (χ4v) is 4.50. The number of aryl methyl sites for hydroxylation is 1. The number of anilines is 1. The molecule has 1 aliphatic heterocycles. The van der Waals surface area contributed by atoms with E-state index in [1.807, 2.05) is 30.3 Å². The average Bonchev–Trinajstić information content (AvgIpc) is 2.83. The summed E-state index contributed by atoms with van der Waals surface area (Å²) in [6, 6.07) is 18.4. The summed E-state index contributed by atoms with van der Waals surface area (Å²) in [4.78, 5) is 13.2. The average molecular weight is 469 g/mol. The highest BCUT2D eigenvalue weighted by Crippen LogP contribution is 2.30. The molecule has 1 aliphatic rings.